The van der Waals surface area contributed by atoms with Crippen molar-refractivity contribution in [2.75, 3.05) is 18.9 Å². The summed E-state index contributed by atoms with van der Waals surface area (Å²) in [5.74, 6) is 0. The third-order valence-corrected chi connectivity index (χ3v) is 5.26. The quantitative estimate of drug-likeness (QED) is 0.732. The molecule has 0 bridgehead atoms. The molecule has 0 atom stereocenters. The number of nitrogens with one attached hydrogen (secondary N) is 2. The zero-order chi connectivity index (χ0) is 19.5. The Balaban J connectivity index is 1.76. The number of likely N-dealkylation sites (N-methyl/N-ethyl adjacent to an activating group) is 1. The van der Waals surface area contributed by atoms with Crippen molar-refractivity contribution in [3.8, 4) is 0 Å². The molecule has 0 unspecified atom stereocenters. The molecule has 5 heteroatoms. The van der Waals surface area contributed by atoms with Crippen LogP contribution in [0.1, 0.15) is 33.3 Å². The van der Waals surface area contributed by atoms with Gasteiger partial charge in [0, 0.05) is 17.9 Å². The Hall–Kier alpha value is -2.08. The van der Waals surface area contributed by atoms with Crippen LogP contribution in [-0.2, 0) is 9.31 Å². The van der Waals surface area contributed by atoms with Crippen molar-refractivity contribution in [1.82, 2.24) is 5.32 Å². The van der Waals surface area contributed by atoms with Crippen LogP contribution in [0.25, 0.3) is 6.08 Å². The Kier molecular flexibility index (Phi) is 5.75. The Morgan fingerprint density at radius 3 is 2.00 bits per heavy atom. The lowest BCUT2D eigenvalue weighted by atomic mass is 9.77. The van der Waals surface area contributed by atoms with Gasteiger partial charge in [0.2, 0.25) is 0 Å². The molecule has 1 saturated heterocycles. The lowest BCUT2D eigenvalue weighted by molar-refractivity contribution is 0.00578. The van der Waals surface area contributed by atoms with Crippen LogP contribution < -0.4 is 10.6 Å². The molecule has 142 valence electrons. The topological polar surface area (TPSA) is 42.5 Å². The first-order chi connectivity index (χ1) is 12.8. The summed E-state index contributed by atoms with van der Waals surface area (Å²) >= 11 is 0. The van der Waals surface area contributed by atoms with Gasteiger partial charge in [-0.25, -0.2) is 0 Å². The highest BCUT2D eigenvalue weighted by atomic mass is 16.7. The van der Waals surface area contributed by atoms with E-state index in [-0.39, 0.29) is 18.3 Å². The first-order valence-corrected chi connectivity index (χ1v) is 9.43. The molecule has 4 nitrogen and oxygen atoms in total. The van der Waals surface area contributed by atoms with Crippen molar-refractivity contribution in [2.45, 2.75) is 38.9 Å². The largest absolute Gasteiger partial charge is 0.491 e. The Morgan fingerprint density at radius 1 is 0.889 bits per heavy atom. The third-order valence-electron chi connectivity index (χ3n) is 5.26. The van der Waals surface area contributed by atoms with E-state index in [1.165, 1.54) is 0 Å². The minimum absolute atomic E-state index is 0.339. The molecule has 1 aliphatic rings. The molecule has 27 heavy (non-hydrogen) atoms. The smallest absolute Gasteiger partial charge is 0.400 e. The lowest BCUT2D eigenvalue weighted by Crippen LogP contribution is -2.41. The van der Waals surface area contributed by atoms with Crippen molar-refractivity contribution in [3.05, 3.63) is 65.6 Å². The van der Waals surface area contributed by atoms with Crippen LogP contribution in [-0.4, -0.2) is 31.9 Å². The monoisotopic (exact) mass is 364 g/mol. The van der Waals surface area contributed by atoms with Gasteiger partial charge in [0.05, 0.1) is 11.2 Å². The van der Waals surface area contributed by atoms with Gasteiger partial charge in [-0.1, -0.05) is 36.4 Å². The van der Waals surface area contributed by atoms with Crippen LogP contribution in [0.4, 0.5) is 11.4 Å². The standard InChI is InChI=1S/C22H29BN2O2/c1-21(2)22(3,4)27-23(26-21)18(16-24-5)15-17-11-13-20(14-12-17)25-19-9-7-6-8-10-19/h6-15,24-25H,16H2,1-5H3. The number of hydrogen-bond donors (Lipinski definition) is 2. The molecule has 2 aromatic carbocycles. The summed E-state index contributed by atoms with van der Waals surface area (Å²) in [7, 11) is 1.59. The predicted molar refractivity (Wildman–Crippen MR) is 114 cm³/mol. The molecule has 2 N–H and O–H groups in total. The average Bonchev–Trinajstić information content (AvgIpc) is 2.85. The van der Waals surface area contributed by atoms with E-state index in [0.717, 1.165) is 22.4 Å². The van der Waals surface area contributed by atoms with Crippen molar-refractivity contribution in [1.29, 1.82) is 0 Å². The van der Waals surface area contributed by atoms with Crippen molar-refractivity contribution in [3.63, 3.8) is 0 Å². The molecule has 0 saturated carbocycles. The summed E-state index contributed by atoms with van der Waals surface area (Å²) in [5, 5.41) is 6.63. The number of benzene rings is 2. The SMILES string of the molecule is CNCC(=Cc1ccc(Nc2ccccc2)cc1)B1OC(C)(C)C(C)(C)O1. The second-order valence-electron chi connectivity index (χ2n) is 7.95. The molecule has 2 aromatic rings. The first-order valence-electron chi connectivity index (χ1n) is 9.43. The van der Waals surface area contributed by atoms with Crippen molar-refractivity contribution < 1.29 is 9.31 Å². The molecule has 0 radical (unpaired) electrons. The van der Waals surface area contributed by atoms with Gasteiger partial charge < -0.3 is 19.9 Å². The highest BCUT2D eigenvalue weighted by molar-refractivity contribution is 6.55. The van der Waals surface area contributed by atoms with Gasteiger partial charge in [0.25, 0.3) is 0 Å². The molecule has 0 amide bonds. The van der Waals surface area contributed by atoms with Crippen LogP contribution in [0.2, 0.25) is 0 Å². The minimum Gasteiger partial charge on any atom is -0.400 e. The second kappa shape index (κ2) is 7.89. The molecule has 1 fully saturated rings. The molecule has 1 heterocycles. The Labute approximate surface area is 163 Å². The summed E-state index contributed by atoms with van der Waals surface area (Å²) in [6, 6.07) is 18.5. The summed E-state index contributed by atoms with van der Waals surface area (Å²) in [4.78, 5) is 0. The van der Waals surface area contributed by atoms with Gasteiger partial charge in [-0.05, 0) is 70.0 Å². The van der Waals surface area contributed by atoms with Crippen LogP contribution in [0, 0.1) is 0 Å². The van der Waals surface area contributed by atoms with Crippen LogP contribution in [0.15, 0.2) is 60.1 Å². The minimum atomic E-state index is -0.343. The number of hydrogen-bond acceptors (Lipinski definition) is 4. The van der Waals surface area contributed by atoms with E-state index in [1.807, 2.05) is 25.2 Å². The van der Waals surface area contributed by atoms with E-state index >= 15 is 0 Å². The summed E-state index contributed by atoms with van der Waals surface area (Å²) in [5.41, 5.74) is 3.66. The van der Waals surface area contributed by atoms with Crippen LogP contribution >= 0.6 is 0 Å². The van der Waals surface area contributed by atoms with Crippen LogP contribution in [0.3, 0.4) is 0 Å². The molecule has 0 aromatic heterocycles. The number of para-hydroxylation sites is 1. The maximum absolute atomic E-state index is 6.21. The van der Waals surface area contributed by atoms with E-state index in [1.54, 1.807) is 0 Å². The van der Waals surface area contributed by atoms with Crippen molar-refractivity contribution >= 4 is 24.6 Å². The highest BCUT2D eigenvalue weighted by Gasteiger charge is 2.52. The van der Waals surface area contributed by atoms with E-state index in [4.69, 9.17) is 9.31 Å². The normalized spacial score (nSPS) is 18.6. The third kappa shape index (κ3) is 4.61. The predicted octanol–water partition coefficient (Wildman–Crippen LogP) is 4.66. The van der Waals surface area contributed by atoms with Gasteiger partial charge in [-0.2, -0.15) is 0 Å². The molecule has 1 aliphatic heterocycles. The van der Waals surface area contributed by atoms with E-state index in [0.29, 0.717) is 6.54 Å². The molecule has 3 rings (SSSR count). The fourth-order valence-electron chi connectivity index (χ4n) is 2.97. The van der Waals surface area contributed by atoms with Gasteiger partial charge in [0.15, 0.2) is 0 Å². The molecule has 0 aliphatic carbocycles. The van der Waals surface area contributed by atoms with Gasteiger partial charge in [-0.3, -0.25) is 0 Å². The molecule has 0 spiro atoms. The van der Waals surface area contributed by atoms with Gasteiger partial charge in [0.1, 0.15) is 0 Å². The van der Waals surface area contributed by atoms with Gasteiger partial charge >= 0.3 is 7.12 Å². The summed E-state index contributed by atoms with van der Waals surface area (Å²) < 4.78 is 12.4. The maximum atomic E-state index is 6.21. The fraction of sp³-hybridized carbons (Fsp3) is 0.364. The zero-order valence-corrected chi connectivity index (χ0v) is 16.9. The lowest BCUT2D eigenvalue weighted by Gasteiger charge is -2.32. The van der Waals surface area contributed by atoms with E-state index in [9.17, 15) is 0 Å². The van der Waals surface area contributed by atoms with Gasteiger partial charge in [-0.15, -0.1) is 0 Å². The van der Waals surface area contributed by atoms with Crippen LogP contribution in [0.5, 0.6) is 0 Å². The second-order valence-corrected chi connectivity index (χ2v) is 7.95. The fourth-order valence-corrected chi connectivity index (χ4v) is 2.97. The molecular formula is C22H29BN2O2. The first kappa shape index (κ1) is 19.7. The Bertz CT molecular complexity index is 770. The van der Waals surface area contributed by atoms with E-state index in [2.05, 4.69) is 80.8 Å². The number of anilines is 2. The Morgan fingerprint density at radius 2 is 1.44 bits per heavy atom. The van der Waals surface area contributed by atoms with E-state index < -0.39 is 0 Å². The zero-order valence-electron chi connectivity index (χ0n) is 16.9. The van der Waals surface area contributed by atoms with Crippen molar-refractivity contribution in [2.24, 2.45) is 0 Å². The maximum Gasteiger partial charge on any atom is 0.491 e. The number of rotatable bonds is 6. The highest BCUT2D eigenvalue weighted by Crippen LogP contribution is 2.38. The molecular weight excluding hydrogens is 335 g/mol. The average molecular weight is 364 g/mol. The summed E-state index contributed by atoms with van der Waals surface area (Å²) in [6.07, 6.45) is 2.14. The summed E-state index contributed by atoms with van der Waals surface area (Å²) in [6.45, 7) is 9.02.